The number of hydrogen-bond acceptors (Lipinski definition) is 4. The number of fused-ring (bicyclic) bond motifs is 1. The standard InChI is InChI=1S/C21H21BrF3O3PS/c1-3-27-29(26,28-4-2)17(13-14-8-7-9-15(12-14)21(23,24)25)20-19(22)16-10-5-6-11-18(16)30-20/h5-12,17H,3-4,13H2,1-2H3. The second kappa shape index (κ2) is 9.53. The molecular formula is C21H21BrF3O3PS. The first kappa shape index (κ1) is 23.5. The van der Waals surface area contributed by atoms with Gasteiger partial charge in [-0.15, -0.1) is 11.3 Å². The molecule has 1 heterocycles. The second-order valence-electron chi connectivity index (χ2n) is 6.57. The van der Waals surface area contributed by atoms with Crippen LogP contribution in [-0.4, -0.2) is 13.2 Å². The minimum atomic E-state index is -4.45. The molecule has 0 bridgehead atoms. The second-order valence-corrected chi connectivity index (χ2v) is 10.7. The summed E-state index contributed by atoms with van der Waals surface area (Å²) in [6, 6.07) is 12.8. The van der Waals surface area contributed by atoms with Crippen LogP contribution in [0, 0.1) is 0 Å². The highest BCUT2D eigenvalue weighted by molar-refractivity contribution is 9.10. The van der Waals surface area contributed by atoms with E-state index in [4.69, 9.17) is 9.05 Å². The average molecular weight is 521 g/mol. The lowest BCUT2D eigenvalue weighted by Gasteiger charge is -2.26. The summed E-state index contributed by atoms with van der Waals surface area (Å²) in [6.07, 6.45) is -4.36. The lowest BCUT2D eigenvalue weighted by molar-refractivity contribution is -0.137. The molecule has 0 amide bonds. The van der Waals surface area contributed by atoms with Crippen LogP contribution in [0.2, 0.25) is 0 Å². The van der Waals surface area contributed by atoms with Gasteiger partial charge in [0.05, 0.1) is 18.8 Å². The molecular weight excluding hydrogens is 500 g/mol. The van der Waals surface area contributed by atoms with Crippen LogP contribution < -0.4 is 0 Å². The van der Waals surface area contributed by atoms with Crippen molar-refractivity contribution in [2.24, 2.45) is 0 Å². The van der Waals surface area contributed by atoms with Gasteiger partial charge in [0, 0.05) is 19.4 Å². The number of alkyl halides is 3. The van der Waals surface area contributed by atoms with Crippen LogP contribution in [-0.2, 0) is 26.2 Å². The van der Waals surface area contributed by atoms with Crippen LogP contribution >= 0.6 is 34.9 Å². The van der Waals surface area contributed by atoms with E-state index < -0.39 is 25.0 Å². The minimum absolute atomic E-state index is 0.0899. The van der Waals surface area contributed by atoms with Crippen molar-refractivity contribution in [1.29, 1.82) is 0 Å². The van der Waals surface area contributed by atoms with Crippen molar-refractivity contribution in [1.82, 2.24) is 0 Å². The zero-order chi connectivity index (χ0) is 21.9. The third-order valence-electron chi connectivity index (χ3n) is 4.55. The van der Waals surface area contributed by atoms with E-state index in [-0.39, 0.29) is 19.6 Å². The molecule has 0 fully saturated rings. The maximum atomic E-state index is 13.7. The molecule has 0 N–H and O–H groups in total. The van der Waals surface area contributed by atoms with Gasteiger partial charge in [0.25, 0.3) is 0 Å². The highest BCUT2D eigenvalue weighted by Gasteiger charge is 2.40. The molecule has 9 heteroatoms. The van der Waals surface area contributed by atoms with Crippen molar-refractivity contribution in [2.45, 2.75) is 32.1 Å². The SMILES string of the molecule is CCOP(=O)(OCC)C(Cc1cccc(C(F)(F)F)c1)c1sc2ccccc2c1Br. The molecule has 0 aliphatic heterocycles. The molecule has 2 aromatic carbocycles. The Hall–Kier alpha value is -1.18. The molecule has 0 saturated heterocycles. The molecule has 1 unspecified atom stereocenters. The normalized spacial score (nSPS) is 13.7. The summed E-state index contributed by atoms with van der Waals surface area (Å²) >= 11 is 5.04. The molecule has 1 aromatic heterocycles. The predicted molar refractivity (Wildman–Crippen MR) is 118 cm³/mol. The van der Waals surface area contributed by atoms with Gasteiger partial charge >= 0.3 is 13.8 Å². The van der Waals surface area contributed by atoms with E-state index in [1.807, 2.05) is 24.3 Å². The lowest BCUT2D eigenvalue weighted by Crippen LogP contribution is -2.10. The summed E-state index contributed by atoms with van der Waals surface area (Å²) in [6.45, 7) is 3.76. The molecule has 3 nitrogen and oxygen atoms in total. The Morgan fingerprint density at radius 1 is 1.07 bits per heavy atom. The Labute approximate surface area is 185 Å². The fourth-order valence-corrected chi connectivity index (χ4v) is 8.08. The number of hydrogen-bond donors (Lipinski definition) is 0. The highest BCUT2D eigenvalue weighted by atomic mass is 79.9. The Kier molecular flexibility index (Phi) is 7.46. The third kappa shape index (κ3) is 5.00. The summed E-state index contributed by atoms with van der Waals surface area (Å²) in [4.78, 5) is 0.735. The number of thiophene rings is 1. The molecule has 3 rings (SSSR count). The zero-order valence-corrected chi connectivity index (χ0v) is 19.7. The summed E-state index contributed by atoms with van der Waals surface area (Å²) in [5.74, 6) is 0. The van der Waals surface area contributed by atoms with Gasteiger partial charge < -0.3 is 9.05 Å². The van der Waals surface area contributed by atoms with E-state index in [2.05, 4.69) is 15.9 Å². The zero-order valence-electron chi connectivity index (χ0n) is 16.4. The summed E-state index contributed by atoms with van der Waals surface area (Å²) in [5, 5.41) is 0.950. The van der Waals surface area contributed by atoms with Gasteiger partial charge in [-0.3, -0.25) is 4.57 Å². The Bertz CT molecular complexity index is 1060. The molecule has 1 atom stereocenters. The summed E-state index contributed by atoms with van der Waals surface area (Å²) in [7, 11) is -3.66. The van der Waals surface area contributed by atoms with Gasteiger partial charge in [0.2, 0.25) is 0 Å². The Morgan fingerprint density at radius 2 is 1.73 bits per heavy atom. The fourth-order valence-electron chi connectivity index (χ4n) is 3.27. The highest BCUT2D eigenvalue weighted by Crippen LogP contribution is 2.64. The molecule has 0 radical (unpaired) electrons. The van der Waals surface area contributed by atoms with E-state index >= 15 is 0 Å². The van der Waals surface area contributed by atoms with Crippen LogP contribution in [0.25, 0.3) is 10.1 Å². The van der Waals surface area contributed by atoms with E-state index in [0.717, 1.165) is 31.6 Å². The molecule has 0 aliphatic rings. The average Bonchev–Trinajstić information content (AvgIpc) is 3.02. The third-order valence-corrected chi connectivity index (χ3v) is 9.56. The van der Waals surface area contributed by atoms with Crippen LogP contribution in [0.5, 0.6) is 0 Å². The largest absolute Gasteiger partial charge is 0.416 e. The summed E-state index contributed by atoms with van der Waals surface area (Å²) in [5.41, 5.74) is -1.07. The van der Waals surface area contributed by atoms with Crippen molar-refractivity contribution >= 4 is 44.9 Å². The molecule has 0 saturated carbocycles. The Morgan fingerprint density at radius 3 is 2.33 bits per heavy atom. The van der Waals surface area contributed by atoms with Gasteiger partial charge in [0.1, 0.15) is 5.66 Å². The van der Waals surface area contributed by atoms with Gasteiger partial charge in [-0.1, -0.05) is 36.4 Å². The van der Waals surface area contributed by atoms with Crippen molar-refractivity contribution < 1.29 is 26.8 Å². The number of benzene rings is 2. The predicted octanol–water partition coefficient (Wildman–Crippen LogP) is 8.23. The smallest absolute Gasteiger partial charge is 0.308 e. The van der Waals surface area contributed by atoms with E-state index in [9.17, 15) is 17.7 Å². The van der Waals surface area contributed by atoms with Crippen LogP contribution in [0.3, 0.4) is 0 Å². The van der Waals surface area contributed by atoms with Crippen LogP contribution in [0.1, 0.15) is 35.5 Å². The molecule has 0 spiro atoms. The van der Waals surface area contributed by atoms with E-state index in [1.165, 1.54) is 17.4 Å². The van der Waals surface area contributed by atoms with Gasteiger partial charge in [-0.25, -0.2) is 0 Å². The maximum Gasteiger partial charge on any atom is 0.416 e. The van der Waals surface area contributed by atoms with Gasteiger partial charge in [-0.2, -0.15) is 13.2 Å². The van der Waals surface area contributed by atoms with Crippen LogP contribution in [0.15, 0.2) is 53.0 Å². The minimum Gasteiger partial charge on any atom is -0.308 e. The molecule has 0 aliphatic carbocycles. The van der Waals surface area contributed by atoms with E-state index in [0.29, 0.717) is 5.56 Å². The Balaban J connectivity index is 2.12. The monoisotopic (exact) mass is 520 g/mol. The topological polar surface area (TPSA) is 35.5 Å². The van der Waals surface area contributed by atoms with Crippen molar-refractivity contribution in [3.05, 3.63) is 69.0 Å². The number of rotatable bonds is 8. The quantitative estimate of drug-likeness (QED) is 0.280. The summed E-state index contributed by atoms with van der Waals surface area (Å²) < 4.78 is 66.3. The van der Waals surface area contributed by atoms with Gasteiger partial charge in [0.15, 0.2) is 0 Å². The molecule has 162 valence electrons. The van der Waals surface area contributed by atoms with Crippen LogP contribution in [0.4, 0.5) is 13.2 Å². The number of halogens is 4. The first-order chi connectivity index (χ1) is 14.2. The first-order valence-corrected chi connectivity index (χ1v) is 12.6. The van der Waals surface area contributed by atoms with Crippen molar-refractivity contribution in [2.75, 3.05) is 13.2 Å². The molecule has 3 aromatic rings. The lowest BCUT2D eigenvalue weighted by atomic mass is 10.0. The van der Waals surface area contributed by atoms with E-state index in [1.54, 1.807) is 19.9 Å². The first-order valence-electron chi connectivity index (χ1n) is 9.41. The maximum absolute atomic E-state index is 13.7. The van der Waals surface area contributed by atoms with Crippen molar-refractivity contribution in [3.63, 3.8) is 0 Å². The van der Waals surface area contributed by atoms with Gasteiger partial charge in [-0.05, 0) is 53.9 Å². The van der Waals surface area contributed by atoms with Crippen molar-refractivity contribution in [3.8, 4) is 0 Å². The molecule has 30 heavy (non-hydrogen) atoms. The fraction of sp³-hybridized carbons (Fsp3) is 0.333.